The van der Waals surface area contributed by atoms with Gasteiger partial charge in [0.2, 0.25) is 0 Å². The molecule has 2 aromatic rings. The summed E-state index contributed by atoms with van der Waals surface area (Å²) in [6, 6.07) is 11.9. The molecule has 21 heavy (non-hydrogen) atoms. The zero-order valence-electron chi connectivity index (χ0n) is 11.4. The number of rotatable bonds is 2. The van der Waals surface area contributed by atoms with Crippen LogP contribution in [-0.2, 0) is 6.54 Å². The molecule has 0 fully saturated rings. The van der Waals surface area contributed by atoms with Crippen molar-refractivity contribution in [2.75, 3.05) is 12.4 Å². The zero-order valence-corrected chi connectivity index (χ0v) is 12.2. The lowest BCUT2D eigenvalue weighted by Gasteiger charge is -2.26. The van der Waals surface area contributed by atoms with Crippen LogP contribution in [0.4, 0.5) is 14.9 Å². The fourth-order valence-electron chi connectivity index (χ4n) is 2.42. The van der Waals surface area contributed by atoms with Gasteiger partial charge in [-0.2, -0.15) is 0 Å². The monoisotopic (exact) mass is 304 g/mol. The van der Waals surface area contributed by atoms with Crippen LogP contribution in [0.2, 0.25) is 0 Å². The van der Waals surface area contributed by atoms with Crippen molar-refractivity contribution >= 4 is 23.3 Å². The van der Waals surface area contributed by atoms with Crippen LogP contribution in [0.5, 0.6) is 0 Å². The minimum Gasteiger partial charge on any atom is -0.323 e. The van der Waals surface area contributed by atoms with E-state index in [2.05, 4.69) is 5.32 Å². The van der Waals surface area contributed by atoms with E-state index < -0.39 is 5.38 Å². The molecule has 0 aliphatic carbocycles. The smallest absolute Gasteiger partial charge is 0.321 e. The van der Waals surface area contributed by atoms with E-state index >= 15 is 0 Å². The summed E-state index contributed by atoms with van der Waals surface area (Å²) in [5, 5.41) is 2.24. The number of urea groups is 1. The lowest BCUT2D eigenvalue weighted by Crippen LogP contribution is -2.35. The number of anilines is 1. The van der Waals surface area contributed by atoms with Crippen LogP contribution in [0.3, 0.4) is 0 Å². The molecule has 2 amide bonds. The predicted octanol–water partition coefficient (Wildman–Crippen LogP) is 4.13. The van der Waals surface area contributed by atoms with Gasteiger partial charge in [0.05, 0.1) is 5.38 Å². The van der Waals surface area contributed by atoms with Crippen LogP contribution >= 0.6 is 11.6 Å². The average Bonchev–Trinajstić information content (AvgIpc) is 2.48. The fourth-order valence-corrected chi connectivity index (χ4v) is 2.73. The van der Waals surface area contributed by atoms with Crippen molar-refractivity contribution < 1.29 is 9.18 Å². The number of hydrogen-bond acceptors (Lipinski definition) is 1. The van der Waals surface area contributed by atoms with Gasteiger partial charge in [-0.3, -0.25) is 0 Å². The van der Waals surface area contributed by atoms with Gasteiger partial charge >= 0.3 is 6.03 Å². The summed E-state index contributed by atoms with van der Waals surface area (Å²) >= 11 is 6.40. The van der Waals surface area contributed by atoms with Gasteiger partial charge in [-0.25, -0.2) is 9.18 Å². The van der Waals surface area contributed by atoms with E-state index in [1.54, 1.807) is 30.1 Å². The summed E-state index contributed by atoms with van der Waals surface area (Å²) in [6.45, 7) is 0.510. The Balaban J connectivity index is 1.96. The molecule has 1 N–H and O–H groups in total. The lowest BCUT2D eigenvalue weighted by molar-refractivity contribution is 0.218. The van der Waals surface area contributed by atoms with E-state index in [1.807, 2.05) is 18.2 Å². The highest BCUT2D eigenvalue weighted by Crippen LogP contribution is 2.33. The third kappa shape index (κ3) is 2.59. The first kappa shape index (κ1) is 13.9. The molecule has 5 heteroatoms. The largest absolute Gasteiger partial charge is 0.323 e. The van der Waals surface area contributed by atoms with Crippen LogP contribution in [0, 0.1) is 5.82 Å². The first-order chi connectivity index (χ1) is 10.1. The van der Waals surface area contributed by atoms with E-state index in [-0.39, 0.29) is 11.8 Å². The standard InChI is InChI=1S/C16H14ClFN2O/c1-20-9-11-8-10(6-7-14(11)19-16(20)21)15(17)12-4-2-3-5-13(12)18/h2-8,15H,9H2,1H3,(H,19,21). The van der Waals surface area contributed by atoms with Gasteiger partial charge in [0, 0.05) is 24.8 Å². The molecule has 0 radical (unpaired) electrons. The number of halogens is 2. The quantitative estimate of drug-likeness (QED) is 0.831. The third-order valence-corrected chi connectivity index (χ3v) is 4.08. The van der Waals surface area contributed by atoms with Crippen LogP contribution in [0.25, 0.3) is 0 Å². The van der Waals surface area contributed by atoms with Gasteiger partial charge in [0.1, 0.15) is 5.82 Å². The molecule has 3 rings (SSSR count). The molecule has 1 atom stereocenters. The second kappa shape index (κ2) is 5.37. The van der Waals surface area contributed by atoms with Gasteiger partial charge in [-0.15, -0.1) is 11.6 Å². The molecule has 0 aromatic heterocycles. The van der Waals surface area contributed by atoms with E-state index in [0.717, 1.165) is 16.8 Å². The molecule has 1 aliphatic heterocycles. The molecule has 0 spiro atoms. The Hall–Kier alpha value is -2.07. The minimum atomic E-state index is -0.556. The number of hydrogen-bond donors (Lipinski definition) is 1. The molecule has 3 nitrogen and oxygen atoms in total. The lowest BCUT2D eigenvalue weighted by atomic mass is 10.00. The average molecular weight is 305 g/mol. The Bertz CT molecular complexity index is 704. The van der Waals surface area contributed by atoms with Gasteiger partial charge in [0.25, 0.3) is 0 Å². The summed E-state index contributed by atoms with van der Waals surface area (Å²) in [6.07, 6.45) is 0. The van der Waals surface area contributed by atoms with Crippen LogP contribution in [0.15, 0.2) is 42.5 Å². The molecule has 0 bridgehead atoms. The number of carbonyl (C=O) groups is 1. The maximum atomic E-state index is 13.8. The number of alkyl halides is 1. The Labute approximate surface area is 127 Å². The van der Waals surface area contributed by atoms with Crippen molar-refractivity contribution in [2.24, 2.45) is 0 Å². The van der Waals surface area contributed by atoms with Crippen LogP contribution in [-0.4, -0.2) is 18.0 Å². The highest BCUT2D eigenvalue weighted by molar-refractivity contribution is 6.22. The Morgan fingerprint density at radius 1 is 1.29 bits per heavy atom. The first-order valence-corrected chi connectivity index (χ1v) is 7.03. The molecular weight excluding hydrogens is 291 g/mol. The predicted molar refractivity (Wildman–Crippen MR) is 81.0 cm³/mol. The second-order valence-electron chi connectivity index (χ2n) is 5.09. The van der Waals surface area contributed by atoms with Crippen molar-refractivity contribution in [1.82, 2.24) is 4.90 Å². The van der Waals surface area contributed by atoms with Crippen molar-refractivity contribution in [3.63, 3.8) is 0 Å². The van der Waals surface area contributed by atoms with E-state index in [0.29, 0.717) is 12.1 Å². The molecule has 0 saturated carbocycles. The normalized spacial score (nSPS) is 15.4. The Morgan fingerprint density at radius 3 is 2.81 bits per heavy atom. The minimum absolute atomic E-state index is 0.133. The number of benzene rings is 2. The third-order valence-electron chi connectivity index (χ3n) is 3.60. The first-order valence-electron chi connectivity index (χ1n) is 6.59. The maximum absolute atomic E-state index is 13.8. The van der Waals surface area contributed by atoms with E-state index in [9.17, 15) is 9.18 Å². The number of amides is 2. The summed E-state index contributed by atoms with van der Waals surface area (Å²) in [5.74, 6) is -0.319. The maximum Gasteiger partial charge on any atom is 0.321 e. The summed E-state index contributed by atoms with van der Waals surface area (Å²) in [7, 11) is 1.72. The summed E-state index contributed by atoms with van der Waals surface area (Å²) in [5.41, 5.74) is 3.01. The highest BCUT2D eigenvalue weighted by atomic mass is 35.5. The van der Waals surface area contributed by atoms with Gasteiger partial charge in [0.15, 0.2) is 0 Å². The molecule has 1 aliphatic rings. The highest BCUT2D eigenvalue weighted by Gasteiger charge is 2.21. The second-order valence-corrected chi connectivity index (χ2v) is 5.52. The molecule has 1 heterocycles. The zero-order chi connectivity index (χ0) is 15.0. The van der Waals surface area contributed by atoms with Crippen molar-refractivity contribution in [2.45, 2.75) is 11.9 Å². The number of nitrogens with one attached hydrogen (secondary N) is 1. The summed E-state index contributed by atoms with van der Waals surface area (Å²) < 4.78 is 13.8. The molecule has 108 valence electrons. The van der Waals surface area contributed by atoms with Crippen molar-refractivity contribution in [1.29, 1.82) is 0 Å². The number of fused-ring (bicyclic) bond motifs is 1. The van der Waals surface area contributed by atoms with Crippen molar-refractivity contribution in [3.8, 4) is 0 Å². The summed E-state index contributed by atoms with van der Waals surface area (Å²) in [4.78, 5) is 13.2. The number of nitrogens with zero attached hydrogens (tertiary/aromatic N) is 1. The molecule has 0 saturated heterocycles. The van der Waals surface area contributed by atoms with Gasteiger partial charge < -0.3 is 10.2 Å². The Kier molecular flexibility index (Phi) is 3.55. The molecule has 2 aromatic carbocycles. The topological polar surface area (TPSA) is 32.3 Å². The van der Waals surface area contributed by atoms with Gasteiger partial charge in [-0.05, 0) is 23.3 Å². The van der Waals surface area contributed by atoms with Crippen LogP contribution < -0.4 is 5.32 Å². The number of carbonyl (C=O) groups excluding carboxylic acids is 1. The van der Waals surface area contributed by atoms with E-state index in [4.69, 9.17) is 11.6 Å². The SMILES string of the molecule is CN1Cc2cc(C(Cl)c3ccccc3F)ccc2NC1=O. The fraction of sp³-hybridized carbons (Fsp3) is 0.188. The van der Waals surface area contributed by atoms with E-state index in [1.165, 1.54) is 6.07 Å². The molecular formula is C16H14ClFN2O. The van der Waals surface area contributed by atoms with Gasteiger partial charge in [-0.1, -0.05) is 30.3 Å². The Morgan fingerprint density at radius 2 is 2.05 bits per heavy atom. The van der Waals surface area contributed by atoms with Crippen molar-refractivity contribution in [3.05, 3.63) is 65.0 Å². The molecule has 1 unspecified atom stereocenters. The van der Waals surface area contributed by atoms with Crippen LogP contribution in [0.1, 0.15) is 22.1 Å².